The van der Waals surface area contributed by atoms with E-state index in [0.717, 1.165) is 0 Å². The molecule has 3 nitrogen and oxygen atoms in total. The molecule has 0 aliphatic rings. The molecule has 0 aliphatic carbocycles. The quantitative estimate of drug-likeness (QED) is 0.449. The summed E-state index contributed by atoms with van der Waals surface area (Å²) in [5.74, 6) is 0.0561. The predicted octanol–water partition coefficient (Wildman–Crippen LogP) is -2.70. The second-order valence-electron chi connectivity index (χ2n) is 4.18. The summed E-state index contributed by atoms with van der Waals surface area (Å²) in [4.78, 5) is 14.0. The Kier molecular flexibility index (Phi) is 28.0. The van der Waals surface area contributed by atoms with Crippen LogP contribution in [0.4, 0.5) is 0 Å². The Balaban J connectivity index is -0.000000136. The molecule has 0 N–H and O–H groups in total. The Labute approximate surface area is 164 Å². The van der Waals surface area contributed by atoms with Gasteiger partial charge in [-0.2, -0.15) is 0 Å². The second kappa shape index (κ2) is 17.9. The maximum Gasteiger partial charge on any atom is 1.00 e. The van der Waals surface area contributed by atoms with Crippen molar-refractivity contribution < 1.29 is 59.6 Å². The molecule has 21 heavy (non-hydrogen) atoms. The minimum absolute atomic E-state index is 0. The molecule has 1 aromatic carbocycles. The van der Waals surface area contributed by atoms with E-state index in [9.17, 15) is 4.79 Å². The van der Waals surface area contributed by atoms with E-state index in [4.69, 9.17) is 11.8 Å². The van der Waals surface area contributed by atoms with E-state index in [2.05, 4.69) is 6.07 Å². The molecule has 0 saturated heterocycles. The third-order valence-corrected chi connectivity index (χ3v) is 2.29. The Hall–Kier alpha value is -0.106. The maximum atomic E-state index is 12.1. The molecule has 0 spiro atoms. The molecular weight excluding hydrogens is 302 g/mol. The zero-order valence-corrected chi connectivity index (χ0v) is 15.0. The molecule has 0 radical (unpaired) electrons. The van der Waals surface area contributed by atoms with Crippen LogP contribution in [0.1, 0.15) is 38.1 Å². The predicted molar refractivity (Wildman–Crippen MR) is 73.1 cm³/mol. The van der Waals surface area contributed by atoms with Gasteiger partial charge in [-0.25, -0.2) is 0 Å². The smallest absolute Gasteiger partial charge is 0.512 e. The first-order valence-corrected chi connectivity index (χ1v) is 5.55. The van der Waals surface area contributed by atoms with E-state index >= 15 is 0 Å². The van der Waals surface area contributed by atoms with Crippen LogP contribution in [0.3, 0.4) is 0 Å². The van der Waals surface area contributed by atoms with Crippen LogP contribution in [0.25, 0.3) is 0 Å². The van der Waals surface area contributed by atoms with E-state index in [1.54, 1.807) is 12.1 Å². The summed E-state index contributed by atoms with van der Waals surface area (Å²) in [6.07, 6.45) is 0. The normalized spacial score (nSPS) is 7.81. The number of amides is 1. The van der Waals surface area contributed by atoms with Crippen LogP contribution >= 0.6 is 0 Å². The summed E-state index contributed by atoms with van der Waals surface area (Å²) in [7, 11) is 0. The van der Waals surface area contributed by atoms with Crippen molar-refractivity contribution >= 4 is 5.91 Å². The average Bonchev–Trinajstić information content (AvgIpc) is 2.32. The van der Waals surface area contributed by atoms with Crippen molar-refractivity contribution in [2.45, 2.75) is 39.8 Å². The van der Waals surface area contributed by atoms with E-state index in [1.165, 1.54) is 0 Å². The molecule has 0 heterocycles. The molecule has 1 rings (SSSR count). The Morgan fingerprint density at radius 3 is 1.86 bits per heavy atom. The molecule has 1 aromatic rings. The van der Waals surface area contributed by atoms with Gasteiger partial charge in [0.15, 0.2) is 5.91 Å². The molecule has 0 aliphatic heterocycles. The monoisotopic (exact) mass is 322 g/mol. The number of carbonyl (C=O) groups is 1. The second-order valence-corrected chi connectivity index (χ2v) is 4.18. The SMILES string of the molecule is CC(C)N(C(=O)c1[c-]cccc1)C(C)C.[C-]#N.[CH3-].[Cu+].[Li+].[Li+]. The molecular formula is C15H21CuLi2N2O. The van der Waals surface area contributed by atoms with Crippen LogP contribution in [-0.4, -0.2) is 22.9 Å². The fourth-order valence-electron chi connectivity index (χ4n) is 1.73. The van der Waals surface area contributed by atoms with Crippen LogP contribution in [-0.2, 0) is 17.1 Å². The third-order valence-electron chi connectivity index (χ3n) is 2.29. The number of nitrogens with zero attached hydrogens (tertiary/aromatic N) is 2. The zero-order valence-electron chi connectivity index (χ0n) is 14.1. The van der Waals surface area contributed by atoms with Crippen LogP contribution < -0.4 is 37.7 Å². The first-order valence-electron chi connectivity index (χ1n) is 5.55. The molecule has 0 saturated carbocycles. The van der Waals surface area contributed by atoms with Gasteiger partial charge in [0.05, 0.1) is 0 Å². The molecule has 1 amide bonds. The van der Waals surface area contributed by atoms with Gasteiger partial charge >= 0.3 is 54.8 Å². The Bertz CT molecular complexity index is 362. The van der Waals surface area contributed by atoms with Gasteiger partial charge in [0, 0.05) is 12.1 Å². The molecule has 0 fully saturated rings. The van der Waals surface area contributed by atoms with Crippen LogP contribution in [0.5, 0.6) is 0 Å². The Morgan fingerprint density at radius 1 is 1.14 bits per heavy atom. The van der Waals surface area contributed by atoms with E-state index in [-0.39, 0.29) is 80.2 Å². The van der Waals surface area contributed by atoms with Crippen LogP contribution in [0, 0.1) is 25.3 Å². The van der Waals surface area contributed by atoms with Crippen molar-refractivity contribution in [3.63, 3.8) is 0 Å². The third kappa shape index (κ3) is 11.2. The number of benzene rings is 1. The van der Waals surface area contributed by atoms with Gasteiger partial charge in [-0.3, -0.25) is 0 Å². The van der Waals surface area contributed by atoms with Gasteiger partial charge in [-0.15, -0.1) is 30.3 Å². The van der Waals surface area contributed by atoms with Crippen LogP contribution in [0.2, 0.25) is 0 Å². The van der Waals surface area contributed by atoms with Crippen molar-refractivity contribution in [2.24, 2.45) is 0 Å². The minimum atomic E-state index is 0. The number of carbonyl (C=O) groups excluding carboxylic acids is 1. The van der Waals surface area contributed by atoms with Gasteiger partial charge < -0.3 is 29.0 Å². The van der Waals surface area contributed by atoms with Gasteiger partial charge in [-0.1, -0.05) is 5.56 Å². The van der Waals surface area contributed by atoms with Crippen molar-refractivity contribution in [2.75, 3.05) is 0 Å². The summed E-state index contributed by atoms with van der Waals surface area (Å²) >= 11 is 0. The summed E-state index contributed by atoms with van der Waals surface area (Å²) in [5, 5.41) is 6.25. The molecule has 0 unspecified atom stereocenters. The zero-order chi connectivity index (χ0) is 13.4. The van der Waals surface area contributed by atoms with Gasteiger partial charge in [0.25, 0.3) is 0 Å². The largest absolute Gasteiger partial charge is 1.00 e. The number of hydrogen-bond donors (Lipinski definition) is 0. The summed E-state index contributed by atoms with van der Waals surface area (Å²) in [6.45, 7) is 12.9. The van der Waals surface area contributed by atoms with Gasteiger partial charge in [0.2, 0.25) is 0 Å². The van der Waals surface area contributed by atoms with Gasteiger partial charge in [0.1, 0.15) is 0 Å². The average molecular weight is 323 g/mol. The van der Waals surface area contributed by atoms with Gasteiger partial charge in [-0.05, 0) is 27.7 Å². The van der Waals surface area contributed by atoms with Crippen molar-refractivity contribution in [1.29, 1.82) is 5.26 Å². The Morgan fingerprint density at radius 2 is 1.57 bits per heavy atom. The standard InChI is InChI=1S/C13H18NO.CN.CH3.Cu.2Li/c1-10(2)14(11(3)4)13(15)12-8-6-5-7-9-12;1-2;;;;/h5-8,10-11H,1-4H3;;1H3;;;/q3*-1;3*+1. The fourth-order valence-corrected chi connectivity index (χ4v) is 1.73. The van der Waals surface area contributed by atoms with E-state index in [1.807, 2.05) is 44.7 Å². The molecule has 110 valence electrons. The fraction of sp³-hybridized carbons (Fsp3) is 0.400. The van der Waals surface area contributed by atoms with Crippen LogP contribution in [0.15, 0.2) is 24.3 Å². The minimum Gasteiger partial charge on any atom is -0.512 e. The molecule has 0 bridgehead atoms. The van der Waals surface area contributed by atoms with Crippen molar-refractivity contribution in [1.82, 2.24) is 4.90 Å². The van der Waals surface area contributed by atoms with E-state index in [0.29, 0.717) is 5.56 Å². The molecule has 0 aromatic heterocycles. The topological polar surface area (TPSA) is 44.1 Å². The summed E-state index contributed by atoms with van der Waals surface area (Å²) < 4.78 is 0. The first-order chi connectivity index (χ1) is 8.04. The van der Waals surface area contributed by atoms with Crippen molar-refractivity contribution in [3.8, 4) is 0 Å². The molecule has 6 heteroatoms. The first kappa shape index (κ1) is 32.7. The van der Waals surface area contributed by atoms with Crippen molar-refractivity contribution in [3.05, 3.63) is 49.9 Å². The number of hydrogen-bond acceptors (Lipinski definition) is 2. The molecule has 0 atom stereocenters. The number of rotatable bonds is 3. The summed E-state index contributed by atoms with van der Waals surface area (Å²) in [5.41, 5.74) is 0.639. The maximum absolute atomic E-state index is 12.1. The van der Waals surface area contributed by atoms with E-state index < -0.39 is 0 Å². The summed E-state index contributed by atoms with van der Waals surface area (Å²) in [6, 6.07) is 10.7.